The fourth-order valence-corrected chi connectivity index (χ4v) is 2.07. The minimum atomic E-state index is -1.23. The van der Waals surface area contributed by atoms with Gasteiger partial charge in [0.2, 0.25) is 5.91 Å². The number of nitrogens with two attached hydrogens (primary N) is 2. The molecule has 0 aromatic heterocycles. The molecule has 1 rings (SSSR count). The Hall–Kier alpha value is -1.63. The van der Waals surface area contributed by atoms with E-state index in [2.05, 4.69) is 5.32 Å². The molecule has 0 radical (unpaired) electrons. The minimum Gasteiger partial charge on any atom is -0.544 e. The third-order valence-electron chi connectivity index (χ3n) is 2.96. The van der Waals surface area contributed by atoms with Gasteiger partial charge in [-0.2, -0.15) is 0 Å². The van der Waals surface area contributed by atoms with Crippen LogP contribution in [0.4, 0.5) is 5.69 Å². The van der Waals surface area contributed by atoms with Gasteiger partial charge in [-0.3, -0.25) is 4.79 Å². The Morgan fingerprint density at radius 2 is 2.14 bits per heavy atom. The Kier molecular flexibility index (Phi) is 7.74. The zero-order valence-corrected chi connectivity index (χ0v) is 12.7. The number of nitrogens with one attached hydrogen (secondary N) is 1. The summed E-state index contributed by atoms with van der Waals surface area (Å²) in [5.74, 6) is -1.60. The number of carbonyl (C=O) groups excluding carboxylic acids is 2. The molecule has 0 unspecified atom stereocenters. The summed E-state index contributed by atoms with van der Waals surface area (Å²) in [6, 6.07) is 5.83. The molecule has 116 valence electrons. The van der Waals surface area contributed by atoms with E-state index in [4.69, 9.17) is 11.6 Å². The number of carboxylic acid groups (broad SMARTS) is 1. The zero-order valence-electron chi connectivity index (χ0n) is 12.0. The van der Waals surface area contributed by atoms with Gasteiger partial charge in [-0.05, 0) is 18.2 Å². The third-order valence-corrected chi connectivity index (χ3v) is 3.20. The first-order valence-electron chi connectivity index (χ1n) is 6.90. The Morgan fingerprint density at radius 3 is 2.76 bits per heavy atom. The van der Waals surface area contributed by atoms with Crippen molar-refractivity contribution in [3.63, 3.8) is 0 Å². The molecule has 0 spiro atoms. The van der Waals surface area contributed by atoms with Crippen LogP contribution in [0.2, 0.25) is 5.02 Å². The zero-order chi connectivity index (χ0) is 15.7. The van der Waals surface area contributed by atoms with Gasteiger partial charge in [-0.1, -0.05) is 17.7 Å². The number of rotatable bonds is 9. The van der Waals surface area contributed by atoms with E-state index in [9.17, 15) is 14.7 Å². The van der Waals surface area contributed by atoms with Gasteiger partial charge in [0.1, 0.15) is 6.04 Å². The van der Waals surface area contributed by atoms with E-state index in [1.165, 1.54) is 0 Å². The average molecular weight is 315 g/mol. The summed E-state index contributed by atoms with van der Waals surface area (Å²) in [5.41, 5.74) is 0.546. The highest BCUT2D eigenvalue weighted by Gasteiger charge is 2.18. The number of halogens is 1. The number of carboxylic acids is 1. The molecule has 1 atom stereocenters. The Labute approximate surface area is 128 Å². The first kappa shape index (κ1) is 17.4. The molecule has 5 N–H and O–H groups in total. The van der Waals surface area contributed by atoms with Crippen LogP contribution >= 0.6 is 11.6 Å². The lowest BCUT2D eigenvalue weighted by molar-refractivity contribution is -0.692. The largest absolute Gasteiger partial charge is 0.544 e. The number of hydrogen-bond acceptors (Lipinski definition) is 3. The molecule has 1 aromatic carbocycles. The van der Waals surface area contributed by atoms with Gasteiger partial charge < -0.3 is 25.9 Å². The van der Waals surface area contributed by atoms with Crippen molar-refractivity contribution >= 4 is 29.2 Å². The molecule has 1 aromatic rings. The molecule has 21 heavy (non-hydrogen) atoms. The molecular formula is C14H21ClN3O3+. The van der Waals surface area contributed by atoms with E-state index in [0.29, 0.717) is 17.3 Å². The Bertz CT molecular complexity index is 482. The van der Waals surface area contributed by atoms with Crippen LogP contribution in [0.1, 0.15) is 12.8 Å². The summed E-state index contributed by atoms with van der Waals surface area (Å²) in [4.78, 5) is 22.9. The lowest BCUT2D eigenvalue weighted by atomic mass is 10.2. The van der Waals surface area contributed by atoms with Crippen molar-refractivity contribution in [2.75, 3.05) is 25.5 Å². The summed E-state index contributed by atoms with van der Waals surface area (Å²) in [6.07, 6.45) is 0.737. The molecule has 6 nitrogen and oxygen atoms in total. The molecule has 0 bridgehead atoms. The second kappa shape index (κ2) is 9.33. The predicted molar refractivity (Wildman–Crippen MR) is 77.6 cm³/mol. The maximum Gasteiger partial charge on any atom is 0.230 e. The highest BCUT2D eigenvalue weighted by Crippen LogP contribution is 2.14. The second-order valence-electron chi connectivity index (χ2n) is 4.76. The van der Waals surface area contributed by atoms with Crippen LogP contribution in [0.5, 0.6) is 0 Å². The molecular weight excluding hydrogens is 294 g/mol. The van der Waals surface area contributed by atoms with Crippen LogP contribution in [0, 0.1) is 0 Å². The van der Waals surface area contributed by atoms with Crippen molar-refractivity contribution in [3.05, 3.63) is 29.3 Å². The van der Waals surface area contributed by atoms with Crippen molar-refractivity contribution in [2.24, 2.45) is 0 Å². The van der Waals surface area contributed by atoms with Crippen LogP contribution in [-0.2, 0) is 9.59 Å². The smallest absolute Gasteiger partial charge is 0.230 e. The highest BCUT2D eigenvalue weighted by atomic mass is 35.5. The van der Waals surface area contributed by atoms with E-state index in [-0.39, 0.29) is 12.3 Å². The number of amides is 1. The van der Waals surface area contributed by atoms with Crippen LogP contribution in [0.15, 0.2) is 24.3 Å². The van der Waals surface area contributed by atoms with Crippen LogP contribution in [-0.4, -0.2) is 38.1 Å². The van der Waals surface area contributed by atoms with Crippen LogP contribution in [0.25, 0.3) is 0 Å². The summed E-state index contributed by atoms with van der Waals surface area (Å²) in [7, 11) is 1.95. The van der Waals surface area contributed by atoms with E-state index in [1.54, 1.807) is 29.6 Å². The molecule has 0 saturated carbocycles. The summed E-state index contributed by atoms with van der Waals surface area (Å²) in [5, 5.41) is 17.8. The van der Waals surface area contributed by atoms with Gasteiger partial charge in [0, 0.05) is 17.1 Å². The van der Waals surface area contributed by atoms with E-state index in [1.807, 2.05) is 12.4 Å². The van der Waals surface area contributed by atoms with Gasteiger partial charge in [0.25, 0.3) is 0 Å². The first-order chi connectivity index (χ1) is 10.0. The predicted octanol–water partition coefficient (Wildman–Crippen LogP) is -2.07. The number of carbonyl (C=O) groups is 2. The molecule has 1 amide bonds. The maximum atomic E-state index is 11.9. The summed E-state index contributed by atoms with van der Waals surface area (Å²) < 4.78 is 0. The summed E-state index contributed by atoms with van der Waals surface area (Å²) >= 11 is 5.82. The average Bonchev–Trinajstić information content (AvgIpc) is 2.42. The molecule has 0 aliphatic carbocycles. The SMILES string of the molecule is C[NH2+]CCC[NH2+][C@H](CC(=O)Nc1cccc(Cl)c1)C(=O)[O-]. The standard InChI is InChI=1S/C14H20ClN3O3/c1-16-6-3-7-17-12(14(20)21)9-13(19)18-11-5-2-4-10(15)8-11/h2,4-5,8,12,16-17H,3,6-7,9H2,1H3,(H,18,19)(H,20,21)/p+1/t12-/m1/s1. The Morgan fingerprint density at radius 1 is 1.38 bits per heavy atom. The maximum absolute atomic E-state index is 11.9. The lowest BCUT2D eigenvalue weighted by Gasteiger charge is -2.16. The third kappa shape index (κ3) is 7.08. The monoisotopic (exact) mass is 314 g/mol. The van der Waals surface area contributed by atoms with Crippen molar-refractivity contribution < 1.29 is 25.3 Å². The number of quaternary nitrogens is 2. The molecule has 0 aliphatic heterocycles. The first-order valence-corrected chi connectivity index (χ1v) is 7.28. The van der Waals surface area contributed by atoms with Gasteiger partial charge in [-0.25, -0.2) is 0 Å². The van der Waals surface area contributed by atoms with Gasteiger partial charge in [-0.15, -0.1) is 0 Å². The van der Waals surface area contributed by atoms with Crippen LogP contribution < -0.4 is 21.1 Å². The normalized spacial score (nSPS) is 11.9. The number of benzene rings is 1. The minimum absolute atomic E-state index is 0.134. The fourth-order valence-electron chi connectivity index (χ4n) is 1.88. The molecule has 7 heteroatoms. The summed E-state index contributed by atoms with van der Waals surface area (Å²) in [6.45, 7) is 1.57. The fraction of sp³-hybridized carbons (Fsp3) is 0.429. The van der Waals surface area contributed by atoms with Crippen LogP contribution in [0.3, 0.4) is 0 Å². The number of aliphatic carboxylic acids is 1. The second-order valence-corrected chi connectivity index (χ2v) is 5.20. The van der Waals surface area contributed by atoms with E-state index < -0.39 is 12.0 Å². The lowest BCUT2D eigenvalue weighted by Crippen LogP contribution is -2.94. The van der Waals surface area contributed by atoms with Gasteiger partial charge in [0.15, 0.2) is 0 Å². The number of anilines is 1. The van der Waals surface area contributed by atoms with E-state index in [0.717, 1.165) is 13.0 Å². The molecule has 0 aliphatic rings. The van der Waals surface area contributed by atoms with Crippen molar-refractivity contribution in [1.29, 1.82) is 0 Å². The van der Waals surface area contributed by atoms with Crippen molar-refractivity contribution in [3.8, 4) is 0 Å². The van der Waals surface area contributed by atoms with Gasteiger partial charge in [0.05, 0.1) is 32.5 Å². The van der Waals surface area contributed by atoms with Crippen molar-refractivity contribution in [1.82, 2.24) is 0 Å². The number of hydrogen-bond donors (Lipinski definition) is 3. The molecule has 0 heterocycles. The van der Waals surface area contributed by atoms with Gasteiger partial charge >= 0.3 is 0 Å². The van der Waals surface area contributed by atoms with Crippen molar-refractivity contribution in [2.45, 2.75) is 18.9 Å². The van der Waals surface area contributed by atoms with E-state index >= 15 is 0 Å². The molecule has 0 fully saturated rings. The quantitative estimate of drug-likeness (QED) is 0.456. The molecule has 0 saturated heterocycles. The Balaban J connectivity index is 2.46. The highest BCUT2D eigenvalue weighted by molar-refractivity contribution is 6.30. The topological polar surface area (TPSA) is 102 Å².